The number of nitrogens with zero attached hydrogens (tertiary/aromatic N) is 3. The smallest absolute Gasteiger partial charge is 0.0311 e. The van der Waals surface area contributed by atoms with E-state index in [9.17, 15) is 0 Å². The molecule has 1 aromatic carbocycles. The fourth-order valence-corrected chi connectivity index (χ4v) is 4.07. The van der Waals surface area contributed by atoms with Gasteiger partial charge in [-0.2, -0.15) is 1.33 Å². The minimum Gasteiger partial charge on any atom is -0.185 e. The minimum atomic E-state index is 0.871. The van der Waals surface area contributed by atoms with Crippen molar-refractivity contribution in [2.75, 3.05) is 0 Å². The molecule has 0 N–H and O–H groups in total. The Hall–Kier alpha value is 0.538. The van der Waals surface area contributed by atoms with Crippen LogP contribution in [0.15, 0.2) is 42.7 Å². The van der Waals surface area contributed by atoms with E-state index in [2.05, 4.69) is 100 Å². The van der Waals surface area contributed by atoms with E-state index < -0.39 is 0 Å². The largest absolute Gasteiger partial charge is 0.185 e. The fourth-order valence-electron chi connectivity index (χ4n) is 2.32. The molecule has 1 heterocycles. The first-order valence-electron chi connectivity index (χ1n) is 6.95. The Morgan fingerprint density at radius 1 is 1.10 bits per heavy atom. The number of hydrogen-bond acceptors (Lipinski definition) is 1. The first-order valence-corrected chi connectivity index (χ1v) is 10.0. The monoisotopic (exact) mass is 690 g/mol. The van der Waals surface area contributed by atoms with Crippen LogP contribution in [-0.4, -0.2) is 16.5 Å². The third kappa shape index (κ3) is 5.29. The van der Waals surface area contributed by atoms with E-state index in [-0.39, 0.29) is 0 Å². The number of benzene rings is 1. The van der Waals surface area contributed by atoms with Gasteiger partial charge in [-0.15, -0.1) is 0 Å². The van der Waals surface area contributed by atoms with Gasteiger partial charge in [0.15, 0.2) is 0 Å². The number of rotatable bonds is 2. The first-order chi connectivity index (χ1) is 10.1. The summed E-state index contributed by atoms with van der Waals surface area (Å²) in [6.45, 7) is 0. The predicted octanol–water partition coefficient (Wildman–Crippen LogP) is 4.83. The molecule has 1 fully saturated rings. The number of para-hydroxylation sites is 1. The van der Waals surface area contributed by atoms with Crippen molar-refractivity contribution in [2.24, 2.45) is 7.05 Å². The van der Waals surface area contributed by atoms with Crippen molar-refractivity contribution in [3.8, 4) is 5.69 Å². The van der Waals surface area contributed by atoms with Crippen LogP contribution in [0, 0.1) is 3.80 Å². The molecule has 1 aliphatic carbocycles. The molecule has 1 aliphatic rings. The summed E-state index contributed by atoms with van der Waals surface area (Å²) in [6, 6.07) is 11.2. The Kier molecular flexibility index (Phi) is 7.65. The van der Waals surface area contributed by atoms with E-state index in [1.807, 2.05) is 25.2 Å². The van der Waals surface area contributed by atoms with Gasteiger partial charge in [0.1, 0.15) is 0 Å². The maximum Gasteiger partial charge on any atom is 0.0311 e. The predicted molar refractivity (Wildman–Crippen MR) is 100 cm³/mol. The van der Waals surface area contributed by atoms with E-state index in [1.165, 1.54) is 35.2 Å². The molecule has 6 heteroatoms. The minimum absolute atomic E-state index is 0.871. The molecular formula is C15H19I2N3Pt. The molecule has 0 atom stereocenters. The molecule has 3 nitrogen and oxygen atoms in total. The summed E-state index contributed by atoms with van der Waals surface area (Å²) in [5.41, 5.74) is 1.20. The summed E-state index contributed by atoms with van der Waals surface area (Å²) in [4.78, 5) is 0. The number of hydrogen-bond donors (Lipinski definition) is 0. The number of aryl methyl sites for hydroxylation is 1. The average Bonchev–Trinajstić information content (AvgIpc) is 3.12. The standard InChI is InChI=1S/C10H10N2.C5H9I2N.Pt/c1-11-7-8-12(9-11)10-5-3-2-4-6-10;6-8(7)5-3-1-2-4-5;/h2-8H,1H3;5H,1-4H2;. The third-order valence-electron chi connectivity index (χ3n) is 3.53. The molecule has 0 bridgehead atoms. The molecule has 1 aromatic heterocycles. The van der Waals surface area contributed by atoms with Crippen LogP contribution in [-0.2, 0) is 26.4 Å². The molecular weight excluding hydrogens is 671 g/mol. The second kappa shape index (κ2) is 8.99. The Morgan fingerprint density at radius 3 is 2.14 bits per heavy atom. The van der Waals surface area contributed by atoms with Crippen LogP contribution < -0.4 is 0 Å². The summed E-state index contributed by atoms with van der Waals surface area (Å²) in [5.74, 6) is 0. The topological polar surface area (TPSA) is 13.1 Å². The van der Waals surface area contributed by atoms with Crippen LogP contribution >= 0.6 is 45.7 Å². The second-order valence-corrected chi connectivity index (χ2v) is 9.99. The summed E-state index contributed by atoms with van der Waals surface area (Å²) in [7, 11) is 2.04. The van der Waals surface area contributed by atoms with Crippen LogP contribution in [0.2, 0.25) is 0 Å². The van der Waals surface area contributed by atoms with Gasteiger partial charge < -0.3 is 0 Å². The zero-order chi connectivity index (χ0) is 15.2. The van der Waals surface area contributed by atoms with Crippen LogP contribution in [0.4, 0.5) is 0 Å². The molecule has 21 heavy (non-hydrogen) atoms. The van der Waals surface area contributed by atoms with Crippen LogP contribution in [0.1, 0.15) is 25.7 Å². The summed E-state index contributed by atoms with van der Waals surface area (Å²) in [5, 5.41) is 0. The Labute approximate surface area is 165 Å². The SMILES string of the molecule is Cn1ccn(-c2ccccc2)[c]1=[Pt].IN(I)C1CCCC1. The number of halogens is 2. The molecule has 0 aliphatic heterocycles. The van der Waals surface area contributed by atoms with Crippen LogP contribution in [0.25, 0.3) is 5.69 Å². The van der Waals surface area contributed by atoms with Crippen molar-refractivity contribution in [1.29, 1.82) is 0 Å². The van der Waals surface area contributed by atoms with Crippen molar-refractivity contribution < 1.29 is 19.4 Å². The third-order valence-corrected chi connectivity index (χ3v) is 6.45. The maximum absolute atomic E-state index is 2.36. The van der Waals surface area contributed by atoms with Crippen molar-refractivity contribution >= 4 is 45.7 Å². The molecule has 3 rings (SSSR count). The molecule has 0 spiro atoms. The summed E-state index contributed by atoms with van der Waals surface area (Å²) in [6.07, 6.45) is 9.81. The zero-order valence-electron chi connectivity index (χ0n) is 11.9. The van der Waals surface area contributed by atoms with Crippen LogP contribution in [0.5, 0.6) is 0 Å². The quantitative estimate of drug-likeness (QED) is 0.326. The van der Waals surface area contributed by atoms with Gasteiger partial charge in [-0.05, 0) is 12.8 Å². The first kappa shape index (κ1) is 17.9. The number of imidazole rings is 1. The van der Waals surface area contributed by atoms with E-state index in [0.717, 1.165) is 6.04 Å². The molecule has 0 amide bonds. The van der Waals surface area contributed by atoms with Gasteiger partial charge in [0.2, 0.25) is 0 Å². The van der Waals surface area contributed by atoms with Crippen molar-refractivity contribution in [1.82, 2.24) is 10.5 Å². The molecule has 1 saturated carbocycles. The van der Waals surface area contributed by atoms with Crippen molar-refractivity contribution in [3.63, 3.8) is 0 Å². The zero-order valence-corrected chi connectivity index (χ0v) is 18.4. The Morgan fingerprint density at radius 2 is 1.71 bits per heavy atom. The summed E-state index contributed by atoms with van der Waals surface area (Å²) < 4.78 is 7.73. The van der Waals surface area contributed by atoms with E-state index in [1.54, 1.807) is 0 Å². The second-order valence-electron chi connectivity index (χ2n) is 5.05. The van der Waals surface area contributed by atoms with Crippen molar-refractivity contribution in [3.05, 3.63) is 46.5 Å². The molecule has 118 valence electrons. The Balaban J connectivity index is 0.000000173. The summed E-state index contributed by atoms with van der Waals surface area (Å²) >= 11 is 7.04. The van der Waals surface area contributed by atoms with Gasteiger partial charge >= 0.3 is 87.8 Å². The van der Waals surface area contributed by atoms with Gasteiger partial charge in [0.05, 0.1) is 0 Å². The Bertz CT molecular complexity index is 601. The van der Waals surface area contributed by atoms with E-state index in [4.69, 9.17) is 0 Å². The van der Waals surface area contributed by atoms with Crippen LogP contribution in [0.3, 0.4) is 0 Å². The fraction of sp³-hybridized carbons (Fsp3) is 0.400. The van der Waals surface area contributed by atoms with Crippen molar-refractivity contribution in [2.45, 2.75) is 31.7 Å². The van der Waals surface area contributed by atoms with Gasteiger partial charge in [0, 0.05) is 51.8 Å². The van der Waals surface area contributed by atoms with Gasteiger partial charge in [-0.1, -0.05) is 12.8 Å². The molecule has 0 radical (unpaired) electrons. The van der Waals surface area contributed by atoms with Gasteiger partial charge in [-0.25, -0.2) is 0 Å². The van der Waals surface area contributed by atoms with Gasteiger partial charge in [0.25, 0.3) is 0 Å². The van der Waals surface area contributed by atoms with E-state index in [0.29, 0.717) is 0 Å². The normalized spacial score (nSPS) is 15.1. The maximum atomic E-state index is 2.36. The molecule has 2 aromatic rings. The number of aromatic nitrogens is 2. The molecule has 0 saturated heterocycles. The average molecular weight is 690 g/mol. The molecule has 0 unspecified atom stereocenters. The van der Waals surface area contributed by atoms with Gasteiger partial charge in [-0.3, -0.25) is 0 Å². The van der Waals surface area contributed by atoms with E-state index >= 15 is 0 Å².